The first-order valence-electron chi connectivity index (χ1n) is 5.74. The van der Waals surface area contributed by atoms with E-state index in [2.05, 4.69) is 0 Å². The molecule has 0 fully saturated rings. The van der Waals surface area contributed by atoms with E-state index in [1.807, 2.05) is 0 Å². The molecule has 0 aliphatic carbocycles. The summed E-state index contributed by atoms with van der Waals surface area (Å²) in [4.78, 5) is 11.8. The van der Waals surface area contributed by atoms with Crippen molar-refractivity contribution in [1.82, 2.24) is 0 Å². The monoisotopic (exact) mass is 331 g/mol. The quantitative estimate of drug-likeness (QED) is 0.677. The van der Waals surface area contributed by atoms with Crippen LogP contribution in [-0.4, -0.2) is 5.97 Å². The molecular weight excluding hydrogens is 323 g/mol. The number of anilines is 1. The number of benzene rings is 2. The average Bonchev–Trinajstić information content (AvgIpc) is 2.42. The Balaban J connectivity index is 2.18. The summed E-state index contributed by atoms with van der Waals surface area (Å²) in [5, 5.41) is 0.610. The summed E-state index contributed by atoms with van der Waals surface area (Å²) in [6.45, 7) is -0.261. The fourth-order valence-electron chi connectivity index (χ4n) is 1.60. The number of esters is 1. The Morgan fingerprint density at radius 3 is 2.38 bits per heavy atom. The van der Waals surface area contributed by atoms with Gasteiger partial charge in [-0.2, -0.15) is 0 Å². The second-order valence-corrected chi connectivity index (χ2v) is 4.94. The van der Waals surface area contributed by atoms with Crippen LogP contribution in [0.1, 0.15) is 15.9 Å². The summed E-state index contributed by atoms with van der Waals surface area (Å²) in [6, 6.07) is 6.17. The third kappa shape index (κ3) is 3.43. The van der Waals surface area contributed by atoms with Crippen molar-refractivity contribution in [2.75, 3.05) is 5.73 Å². The largest absolute Gasteiger partial charge is 0.457 e. The van der Waals surface area contributed by atoms with Gasteiger partial charge in [0.25, 0.3) is 0 Å². The third-order valence-electron chi connectivity index (χ3n) is 2.72. The molecule has 0 amide bonds. The molecule has 0 saturated heterocycles. The second-order valence-electron chi connectivity index (χ2n) is 4.13. The molecule has 0 aliphatic heterocycles. The van der Waals surface area contributed by atoms with Gasteiger partial charge in [-0.15, -0.1) is 0 Å². The number of ether oxygens (including phenoxy) is 1. The van der Waals surface area contributed by atoms with E-state index < -0.39 is 28.9 Å². The predicted molar refractivity (Wildman–Crippen MR) is 76.4 cm³/mol. The second kappa shape index (κ2) is 6.28. The van der Waals surface area contributed by atoms with Crippen LogP contribution in [0.4, 0.5) is 14.5 Å². The van der Waals surface area contributed by atoms with Crippen LogP contribution in [0, 0.1) is 11.6 Å². The molecule has 2 aromatic rings. The van der Waals surface area contributed by atoms with Gasteiger partial charge in [0.2, 0.25) is 0 Å². The van der Waals surface area contributed by atoms with Crippen LogP contribution in [0.2, 0.25) is 10.0 Å². The Labute approximate surface area is 129 Å². The standard InChI is InChI=1S/C14H9Cl2F2NO2/c15-9-2-1-3-10(16)8(9)6-21-14(20)7-4-12(18)13(19)5-11(7)17/h1-5H,6,19H2. The first-order valence-corrected chi connectivity index (χ1v) is 6.50. The van der Waals surface area contributed by atoms with Crippen LogP contribution < -0.4 is 5.73 Å². The highest BCUT2D eigenvalue weighted by Crippen LogP contribution is 2.25. The van der Waals surface area contributed by atoms with E-state index in [1.54, 1.807) is 18.2 Å². The smallest absolute Gasteiger partial charge is 0.341 e. The van der Waals surface area contributed by atoms with Crippen molar-refractivity contribution in [2.24, 2.45) is 0 Å². The third-order valence-corrected chi connectivity index (χ3v) is 3.42. The van der Waals surface area contributed by atoms with Gasteiger partial charge >= 0.3 is 5.97 Å². The predicted octanol–water partition coefficient (Wildman–Crippen LogP) is 4.21. The number of halogens is 4. The van der Waals surface area contributed by atoms with Crippen LogP contribution in [0.3, 0.4) is 0 Å². The van der Waals surface area contributed by atoms with Crippen molar-refractivity contribution in [3.05, 3.63) is 63.1 Å². The Hall–Kier alpha value is -1.85. The Bertz CT molecular complexity index is 687. The normalized spacial score (nSPS) is 10.5. The highest BCUT2D eigenvalue weighted by Gasteiger charge is 2.17. The van der Waals surface area contributed by atoms with Crippen molar-refractivity contribution in [2.45, 2.75) is 6.61 Å². The molecule has 0 bridgehead atoms. The molecule has 0 spiro atoms. The minimum Gasteiger partial charge on any atom is -0.457 e. The number of carbonyl (C=O) groups is 1. The van der Waals surface area contributed by atoms with E-state index in [-0.39, 0.29) is 6.61 Å². The summed E-state index contributed by atoms with van der Waals surface area (Å²) < 4.78 is 31.7. The van der Waals surface area contributed by atoms with E-state index in [1.165, 1.54) is 0 Å². The summed E-state index contributed by atoms with van der Waals surface area (Å²) in [7, 11) is 0. The van der Waals surface area contributed by atoms with Gasteiger partial charge in [-0.05, 0) is 18.2 Å². The van der Waals surface area contributed by atoms with E-state index in [0.29, 0.717) is 27.7 Å². The molecule has 0 radical (unpaired) electrons. The van der Waals surface area contributed by atoms with Crippen LogP contribution in [-0.2, 0) is 11.3 Å². The van der Waals surface area contributed by atoms with Gasteiger partial charge in [0.05, 0.1) is 11.3 Å². The van der Waals surface area contributed by atoms with Crippen LogP contribution in [0.5, 0.6) is 0 Å². The zero-order valence-electron chi connectivity index (χ0n) is 10.5. The summed E-state index contributed by atoms with van der Waals surface area (Å²) in [5.74, 6) is -2.91. The molecule has 2 N–H and O–H groups in total. The minimum atomic E-state index is -1.04. The Morgan fingerprint density at radius 1 is 1.14 bits per heavy atom. The molecule has 2 aromatic carbocycles. The lowest BCUT2D eigenvalue weighted by Crippen LogP contribution is -2.09. The summed E-state index contributed by atoms with van der Waals surface area (Å²) in [5.41, 5.74) is 4.63. The molecule has 2 rings (SSSR count). The zero-order chi connectivity index (χ0) is 15.6. The van der Waals surface area contributed by atoms with E-state index in [0.717, 1.165) is 0 Å². The molecule has 0 heterocycles. The van der Waals surface area contributed by atoms with Crippen molar-refractivity contribution < 1.29 is 18.3 Å². The summed E-state index contributed by atoms with van der Waals surface area (Å²) >= 11 is 11.8. The molecule has 0 unspecified atom stereocenters. The number of carbonyl (C=O) groups excluding carboxylic acids is 1. The lowest BCUT2D eigenvalue weighted by Gasteiger charge is -2.09. The molecule has 110 valence electrons. The van der Waals surface area contributed by atoms with Gasteiger partial charge in [-0.3, -0.25) is 0 Å². The lowest BCUT2D eigenvalue weighted by molar-refractivity contribution is 0.0467. The number of hydrogen-bond donors (Lipinski definition) is 1. The number of rotatable bonds is 3. The van der Waals surface area contributed by atoms with Gasteiger partial charge in [0, 0.05) is 21.7 Å². The molecule has 0 saturated carbocycles. The van der Waals surface area contributed by atoms with Gasteiger partial charge < -0.3 is 10.5 Å². The molecule has 0 atom stereocenters. The highest BCUT2D eigenvalue weighted by atomic mass is 35.5. The lowest BCUT2D eigenvalue weighted by atomic mass is 10.2. The molecule has 21 heavy (non-hydrogen) atoms. The van der Waals surface area contributed by atoms with Gasteiger partial charge in [0.15, 0.2) is 0 Å². The fourth-order valence-corrected chi connectivity index (χ4v) is 2.11. The van der Waals surface area contributed by atoms with Crippen molar-refractivity contribution in [3.63, 3.8) is 0 Å². The van der Waals surface area contributed by atoms with Crippen LogP contribution in [0.25, 0.3) is 0 Å². The van der Waals surface area contributed by atoms with Crippen LogP contribution in [0.15, 0.2) is 30.3 Å². The average molecular weight is 332 g/mol. The van der Waals surface area contributed by atoms with Gasteiger partial charge in [-0.25, -0.2) is 13.6 Å². The van der Waals surface area contributed by atoms with Crippen molar-refractivity contribution >= 4 is 34.9 Å². The maximum atomic E-state index is 13.6. The zero-order valence-corrected chi connectivity index (χ0v) is 12.0. The maximum absolute atomic E-state index is 13.6. The van der Waals surface area contributed by atoms with Crippen LogP contribution >= 0.6 is 23.2 Å². The molecule has 0 aromatic heterocycles. The van der Waals surface area contributed by atoms with Crippen molar-refractivity contribution in [1.29, 1.82) is 0 Å². The van der Waals surface area contributed by atoms with E-state index in [4.69, 9.17) is 33.7 Å². The molecule has 3 nitrogen and oxygen atoms in total. The Morgan fingerprint density at radius 2 is 1.76 bits per heavy atom. The van der Waals surface area contributed by atoms with Gasteiger partial charge in [-0.1, -0.05) is 29.3 Å². The SMILES string of the molecule is Nc1cc(F)c(C(=O)OCc2c(Cl)cccc2Cl)cc1F. The topological polar surface area (TPSA) is 52.3 Å². The Kier molecular flexibility index (Phi) is 4.65. The molecule has 0 aliphatic rings. The first-order chi connectivity index (χ1) is 9.90. The maximum Gasteiger partial charge on any atom is 0.341 e. The van der Waals surface area contributed by atoms with Crippen molar-refractivity contribution in [3.8, 4) is 0 Å². The number of nitrogens with two attached hydrogens (primary N) is 1. The minimum absolute atomic E-state index is 0.261. The number of nitrogen functional groups attached to an aromatic ring is 1. The van der Waals surface area contributed by atoms with E-state index >= 15 is 0 Å². The summed E-state index contributed by atoms with van der Waals surface area (Å²) in [6.07, 6.45) is 0. The number of hydrogen-bond acceptors (Lipinski definition) is 3. The molecular formula is C14H9Cl2F2NO2. The highest BCUT2D eigenvalue weighted by molar-refractivity contribution is 6.35. The fraction of sp³-hybridized carbons (Fsp3) is 0.0714. The van der Waals surface area contributed by atoms with E-state index in [9.17, 15) is 13.6 Å². The first kappa shape index (κ1) is 15.5. The van der Waals surface area contributed by atoms with Gasteiger partial charge in [0.1, 0.15) is 18.2 Å². The molecule has 7 heteroatoms.